The zero-order chi connectivity index (χ0) is 27.0. The molecule has 0 aliphatic rings. The minimum Gasteiger partial charge on any atom is -0.298 e. The van der Waals surface area contributed by atoms with E-state index >= 15 is 0 Å². The van der Waals surface area contributed by atoms with Crippen LogP contribution in [0.25, 0.3) is 22.5 Å². The van der Waals surface area contributed by atoms with Crippen molar-refractivity contribution in [3.05, 3.63) is 83.2 Å². The minimum atomic E-state index is -4.39. The predicted molar refractivity (Wildman–Crippen MR) is 143 cm³/mol. The lowest BCUT2D eigenvalue weighted by Gasteiger charge is -2.07. The van der Waals surface area contributed by atoms with E-state index in [0.29, 0.717) is 23.4 Å². The Kier molecular flexibility index (Phi) is 9.76. The number of nitrogens with one attached hydrogen (secondary N) is 2. The molecule has 0 bridgehead atoms. The fraction of sp³-hybridized carbons (Fsp3) is 0.231. The number of hydrogen-bond donors (Lipinski definition) is 4. The molecule has 194 valence electrons. The van der Waals surface area contributed by atoms with Crippen LogP contribution in [0.5, 0.6) is 0 Å². The number of benzene rings is 2. The van der Waals surface area contributed by atoms with E-state index in [9.17, 15) is 22.8 Å². The zero-order valence-corrected chi connectivity index (χ0v) is 21.6. The molecule has 0 amide bonds. The summed E-state index contributed by atoms with van der Waals surface area (Å²) in [5, 5.41) is 13.6. The van der Waals surface area contributed by atoms with Crippen molar-refractivity contribution in [2.45, 2.75) is 25.9 Å². The van der Waals surface area contributed by atoms with Gasteiger partial charge in [-0.25, -0.2) is 0 Å². The third kappa shape index (κ3) is 8.36. The molecule has 6 nitrogen and oxygen atoms in total. The van der Waals surface area contributed by atoms with E-state index in [1.807, 2.05) is 37.3 Å². The number of aryl methyl sites for hydroxylation is 1. The van der Waals surface area contributed by atoms with Crippen LogP contribution in [0.1, 0.15) is 22.5 Å². The summed E-state index contributed by atoms with van der Waals surface area (Å²) in [6, 6.07) is 16.5. The Morgan fingerprint density at radius 2 is 1.30 bits per heavy atom. The number of thiol groups is 2. The zero-order valence-electron chi connectivity index (χ0n) is 19.8. The average Bonchev–Trinajstić information content (AvgIpc) is 3.54. The summed E-state index contributed by atoms with van der Waals surface area (Å²) in [6.07, 6.45) is -3.89. The Balaban J connectivity index is 0.000000208. The number of rotatable bonds is 8. The summed E-state index contributed by atoms with van der Waals surface area (Å²) in [5.41, 5.74) is 4.51. The van der Waals surface area contributed by atoms with Crippen LogP contribution in [0, 0.1) is 6.92 Å². The fourth-order valence-electron chi connectivity index (χ4n) is 3.32. The summed E-state index contributed by atoms with van der Waals surface area (Å²) in [6.45, 7) is 2.05. The second-order valence-electron chi connectivity index (χ2n) is 8.25. The first kappa shape index (κ1) is 28.3. The molecule has 4 rings (SSSR count). The van der Waals surface area contributed by atoms with Crippen LogP contribution in [-0.4, -0.2) is 43.5 Å². The first-order chi connectivity index (χ1) is 17.6. The Morgan fingerprint density at radius 1 is 0.784 bits per heavy atom. The van der Waals surface area contributed by atoms with Crippen molar-refractivity contribution < 1.29 is 22.8 Å². The summed E-state index contributed by atoms with van der Waals surface area (Å²) < 4.78 is 37.9. The van der Waals surface area contributed by atoms with Gasteiger partial charge in [0, 0.05) is 46.9 Å². The molecule has 0 aliphatic heterocycles. The number of nitrogens with zero attached hydrogens (tertiary/aromatic N) is 2. The van der Waals surface area contributed by atoms with E-state index in [0.717, 1.165) is 29.1 Å². The van der Waals surface area contributed by atoms with Crippen molar-refractivity contribution in [1.29, 1.82) is 0 Å². The molecule has 0 fully saturated rings. The lowest BCUT2D eigenvalue weighted by Crippen LogP contribution is -2.04. The highest BCUT2D eigenvalue weighted by molar-refractivity contribution is 7.81. The fourth-order valence-corrected chi connectivity index (χ4v) is 3.54. The summed E-state index contributed by atoms with van der Waals surface area (Å²) in [7, 11) is 0. The predicted octanol–water partition coefficient (Wildman–Crippen LogP) is 5.56. The van der Waals surface area contributed by atoms with Crippen LogP contribution >= 0.6 is 25.3 Å². The average molecular weight is 547 g/mol. The molecule has 0 radical (unpaired) electrons. The number of H-pyrrole nitrogens is 2. The molecule has 0 saturated carbocycles. The van der Waals surface area contributed by atoms with Crippen LogP contribution in [0.2, 0.25) is 0 Å². The standard InChI is InChI=1S/C13H11F3N2OS.C13H14N2OS/c14-13(15,16)9-3-1-2-8(4-9)12-6-10(17-18-12)5-11(19)7-20;1-9-2-4-10(5-3-9)13-7-11(14-15-13)6-12(16)8-17/h1-4,6,20H,5,7H2,(H,17,18);2-5,7,17H,6,8H2,1H3,(H,14,15). The Hall–Kier alpha value is -3.31. The summed E-state index contributed by atoms with van der Waals surface area (Å²) in [5.74, 6) is 0.372. The second-order valence-corrected chi connectivity index (χ2v) is 8.88. The molecule has 0 spiro atoms. The minimum absolute atomic E-state index is 0.0902. The second kappa shape index (κ2) is 12.8. The molecule has 0 atom stereocenters. The lowest BCUT2D eigenvalue weighted by molar-refractivity contribution is -0.137. The number of alkyl halides is 3. The van der Waals surface area contributed by atoms with Crippen LogP contribution in [-0.2, 0) is 28.6 Å². The first-order valence-electron chi connectivity index (χ1n) is 11.2. The van der Waals surface area contributed by atoms with Gasteiger partial charge >= 0.3 is 6.18 Å². The van der Waals surface area contributed by atoms with Gasteiger partial charge in [-0.05, 0) is 31.2 Å². The number of carbonyl (C=O) groups is 2. The highest BCUT2D eigenvalue weighted by atomic mass is 32.1. The van der Waals surface area contributed by atoms with Crippen molar-refractivity contribution in [3.8, 4) is 22.5 Å². The van der Waals surface area contributed by atoms with E-state index < -0.39 is 11.7 Å². The molecular formula is C26H25F3N4O2S2. The highest BCUT2D eigenvalue weighted by Gasteiger charge is 2.30. The van der Waals surface area contributed by atoms with Gasteiger partial charge in [-0.15, -0.1) is 0 Å². The number of ketones is 2. The van der Waals surface area contributed by atoms with Gasteiger partial charge in [-0.1, -0.05) is 42.0 Å². The van der Waals surface area contributed by atoms with Gasteiger partial charge < -0.3 is 0 Å². The number of hydrogen-bond acceptors (Lipinski definition) is 6. The molecule has 2 N–H and O–H groups in total. The molecule has 0 unspecified atom stereocenters. The number of carbonyl (C=O) groups excluding carboxylic acids is 2. The van der Waals surface area contributed by atoms with Gasteiger partial charge in [0.15, 0.2) is 0 Å². The monoisotopic (exact) mass is 546 g/mol. The van der Waals surface area contributed by atoms with Gasteiger partial charge in [-0.3, -0.25) is 19.8 Å². The Morgan fingerprint density at radius 3 is 1.78 bits per heavy atom. The highest BCUT2D eigenvalue weighted by Crippen LogP contribution is 2.31. The van der Waals surface area contributed by atoms with Crippen LogP contribution < -0.4 is 0 Å². The van der Waals surface area contributed by atoms with E-state index in [-0.39, 0.29) is 29.5 Å². The van der Waals surface area contributed by atoms with Gasteiger partial charge in [0.1, 0.15) is 11.6 Å². The molecule has 2 heterocycles. The molecule has 2 aromatic carbocycles. The SMILES string of the molecule is Cc1ccc(-c2cc(CC(=O)CS)[nH]n2)cc1.O=C(CS)Cc1cc(-c2cccc(C(F)(F)F)c2)n[nH]1. The molecule has 11 heteroatoms. The topological polar surface area (TPSA) is 91.5 Å². The summed E-state index contributed by atoms with van der Waals surface area (Å²) in [4.78, 5) is 22.5. The Labute approximate surface area is 222 Å². The third-order valence-corrected chi connectivity index (χ3v) is 5.93. The number of halogens is 3. The maximum Gasteiger partial charge on any atom is 0.416 e. The van der Waals surface area contributed by atoms with Crippen molar-refractivity contribution in [3.63, 3.8) is 0 Å². The van der Waals surface area contributed by atoms with Gasteiger partial charge in [0.25, 0.3) is 0 Å². The van der Waals surface area contributed by atoms with Gasteiger partial charge in [0.2, 0.25) is 0 Å². The number of aromatic amines is 2. The largest absolute Gasteiger partial charge is 0.416 e. The van der Waals surface area contributed by atoms with Crippen LogP contribution in [0.4, 0.5) is 13.2 Å². The molecule has 4 aromatic rings. The van der Waals surface area contributed by atoms with Crippen molar-refractivity contribution in [2.75, 3.05) is 11.5 Å². The molecule has 0 aliphatic carbocycles. The van der Waals surface area contributed by atoms with Crippen molar-refractivity contribution >= 4 is 36.8 Å². The van der Waals surface area contributed by atoms with E-state index in [4.69, 9.17) is 0 Å². The Bertz CT molecular complexity index is 1350. The molecular weight excluding hydrogens is 521 g/mol. The molecule has 37 heavy (non-hydrogen) atoms. The normalized spacial score (nSPS) is 11.1. The van der Waals surface area contributed by atoms with Gasteiger partial charge in [-0.2, -0.15) is 48.6 Å². The smallest absolute Gasteiger partial charge is 0.298 e. The van der Waals surface area contributed by atoms with Crippen molar-refractivity contribution in [2.24, 2.45) is 0 Å². The molecule has 2 aromatic heterocycles. The lowest BCUT2D eigenvalue weighted by atomic mass is 10.1. The third-order valence-electron chi connectivity index (χ3n) is 5.22. The van der Waals surface area contributed by atoms with E-state index in [1.165, 1.54) is 17.7 Å². The number of Topliss-reactive ketones (excluding diaryl/α,β-unsaturated/α-hetero) is 2. The van der Waals surface area contributed by atoms with E-state index in [2.05, 4.69) is 45.7 Å². The maximum absolute atomic E-state index is 12.6. The van der Waals surface area contributed by atoms with Gasteiger partial charge in [0.05, 0.1) is 17.0 Å². The van der Waals surface area contributed by atoms with E-state index in [1.54, 1.807) is 6.07 Å². The maximum atomic E-state index is 12.6. The first-order valence-corrected chi connectivity index (χ1v) is 12.4. The van der Waals surface area contributed by atoms with Crippen LogP contribution in [0.3, 0.4) is 0 Å². The molecule has 0 saturated heterocycles. The number of aromatic nitrogens is 4. The quantitative estimate of drug-likeness (QED) is 0.218. The summed E-state index contributed by atoms with van der Waals surface area (Å²) >= 11 is 7.81. The van der Waals surface area contributed by atoms with Crippen molar-refractivity contribution in [1.82, 2.24) is 20.4 Å². The van der Waals surface area contributed by atoms with Crippen LogP contribution in [0.15, 0.2) is 60.7 Å².